The van der Waals surface area contributed by atoms with Gasteiger partial charge in [0.25, 0.3) is 5.91 Å². The fourth-order valence-corrected chi connectivity index (χ4v) is 5.09. The second kappa shape index (κ2) is 7.28. The number of rotatable bonds is 6. The fourth-order valence-electron chi connectivity index (χ4n) is 4.56. The van der Waals surface area contributed by atoms with Gasteiger partial charge in [-0.2, -0.15) is 5.10 Å². The van der Waals surface area contributed by atoms with Crippen LogP contribution in [-0.4, -0.2) is 55.4 Å². The molecule has 0 spiro atoms. The first-order valence-corrected chi connectivity index (χ1v) is 10.9. The van der Waals surface area contributed by atoms with E-state index in [1.807, 2.05) is 0 Å². The van der Waals surface area contributed by atoms with E-state index in [9.17, 15) is 23.2 Å². The third-order valence-electron chi connectivity index (χ3n) is 6.48. The molecule has 2 aliphatic carbocycles. The quantitative estimate of drug-likeness (QED) is 0.606. The van der Waals surface area contributed by atoms with E-state index in [1.165, 1.54) is 4.90 Å². The predicted molar refractivity (Wildman–Crippen MR) is 111 cm³/mol. The third kappa shape index (κ3) is 3.59. The van der Waals surface area contributed by atoms with Crippen LogP contribution in [0.2, 0.25) is 0 Å². The molecule has 2 aromatic rings. The van der Waals surface area contributed by atoms with Gasteiger partial charge >= 0.3 is 0 Å². The molecule has 4 atom stereocenters. The van der Waals surface area contributed by atoms with Crippen LogP contribution in [0.15, 0.2) is 12.1 Å². The average molecular weight is 486 g/mol. The van der Waals surface area contributed by atoms with E-state index in [0.29, 0.717) is 19.4 Å². The lowest BCUT2D eigenvalue weighted by Crippen LogP contribution is -2.49. The van der Waals surface area contributed by atoms with Gasteiger partial charge in [-0.05, 0) is 31.2 Å². The SMILES string of the molecule is NC(=O)c1nn(CC(=O)N2[C@@H]3C[C@@H]3C[C@H]2C(=O)NC[C@H]2CC2(Cl)Cl)c2cc(F)c(F)cc12. The number of alkyl halides is 2. The zero-order valence-corrected chi connectivity index (χ0v) is 18.2. The standard InChI is InChI=1S/C20H19Cl2F2N5O3/c21-20(22)5-9(20)6-26-19(32)15-2-8-1-13(8)29(15)16(30)7-28-14-4-12(24)11(23)3-10(14)17(27-28)18(25)31/h3-4,8-9,13,15H,1-2,5-7H2,(H2,25,31)(H,26,32)/t8-,9-,13-,15+/m1/s1. The minimum atomic E-state index is -1.16. The summed E-state index contributed by atoms with van der Waals surface area (Å²) in [6, 6.07) is 1.00. The molecule has 0 unspecified atom stereocenters. The summed E-state index contributed by atoms with van der Waals surface area (Å²) >= 11 is 12.0. The Kier molecular flexibility index (Phi) is 4.86. The lowest BCUT2D eigenvalue weighted by atomic mass is 10.1. The molecule has 3 amide bonds. The second-order valence-electron chi connectivity index (χ2n) is 8.68. The molecule has 170 valence electrons. The zero-order chi connectivity index (χ0) is 22.9. The Balaban J connectivity index is 1.36. The number of benzene rings is 1. The van der Waals surface area contributed by atoms with Crippen LogP contribution in [0.3, 0.4) is 0 Å². The van der Waals surface area contributed by atoms with Crippen molar-refractivity contribution in [3.63, 3.8) is 0 Å². The van der Waals surface area contributed by atoms with Gasteiger partial charge in [0.05, 0.1) is 5.52 Å². The van der Waals surface area contributed by atoms with Crippen LogP contribution in [0.25, 0.3) is 10.9 Å². The van der Waals surface area contributed by atoms with Crippen molar-refractivity contribution in [2.24, 2.45) is 17.6 Å². The maximum absolute atomic E-state index is 13.8. The molecular formula is C20H19Cl2F2N5O3. The molecule has 3 aliphatic rings. The summed E-state index contributed by atoms with van der Waals surface area (Å²) in [7, 11) is 0. The first-order chi connectivity index (χ1) is 15.1. The van der Waals surface area contributed by atoms with Crippen LogP contribution in [0.1, 0.15) is 29.8 Å². The molecule has 2 heterocycles. The van der Waals surface area contributed by atoms with Gasteiger partial charge in [-0.1, -0.05) is 0 Å². The van der Waals surface area contributed by atoms with E-state index in [4.69, 9.17) is 28.9 Å². The molecule has 8 nitrogen and oxygen atoms in total. The van der Waals surface area contributed by atoms with Crippen molar-refractivity contribution in [2.75, 3.05) is 6.54 Å². The van der Waals surface area contributed by atoms with Gasteiger partial charge in [-0.15, -0.1) is 23.2 Å². The van der Waals surface area contributed by atoms with Gasteiger partial charge < -0.3 is 16.0 Å². The molecule has 1 aromatic heterocycles. The van der Waals surface area contributed by atoms with Gasteiger partial charge in [-0.3, -0.25) is 19.1 Å². The molecule has 2 saturated carbocycles. The highest BCUT2D eigenvalue weighted by Gasteiger charge is 2.56. The molecular weight excluding hydrogens is 467 g/mol. The molecule has 5 rings (SSSR count). The van der Waals surface area contributed by atoms with Crippen molar-refractivity contribution in [3.8, 4) is 0 Å². The highest BCUT2D eigenvalue weighted by molar-refractivity contribution is 6.50. The molecule has 1 saturated heterocycles. The van der Waals surface area contributed by atoms with E-state index in [1.54, 1.807) is 0 Å². The van der Waals surface area contributed by atoms with Crippen molar-refractivity contribution < 1.29 is 23.2 Å². The average Bonchev–Trinajstić information content (AvgIpc) is 3.52. The number of hydrogen-bond acceptors (Lipinski definition) is 4. The van der Waals surface area contributed by atoms with E-state index in [-0.39, 0.29) is 46.9 Å². The minimum absolute atomic E-state index is 0.0132. The van der Waals surface area contributed by atoms with Crippen LogP contribution >= 0.6 is 23.2 Å². The molecule has 0 radical (unpaired) electrons. The lowest BCUT2D eigenvalue weighted by molar-refractivity contribution is -0.140. The summed E-state index contributed by atoms with van der Waals surface area (Å²) in [6.07, 6.45) is 1.95. The monoisotopic (exact) mass is 485 g/mol. The number of nitrogens with one attached hydrogen (secondary N) is 1. The van der Waals surface area contributed by atoms with Gasteiger partial charge in [0, 0.05) is 30.0 Å². The van der Waals surface area contributed by atoms with Crippen molar-refractivity contribution in [2.45, 2.75) is 42.2 Å². The van der Waals surface area contributed by atoms with Gasteiger partial charge in [-0.25, -0.2) is 8.78 Å². The summed E-state index contributed by atoms with van der Waals surface area (Å²) in [5.41, 5.74) is 5.11. The Morgan fingerprint density at radius 2 is 1.91 bits per heavy atom. The summed E-state index contributed by atoms with van der Waals surface area (Å²) < 4.78 is 27.8. The van der Waals surface area contributed by atoms with E-state index < -0.39 is 33.8 Å². The Morgan fingerprint density at radius 3 is 2.56 bits per heavy atom. The second-order valence-corrected chi connectivity index (χ2v) is 10.2. The number of hydrogen-bond donors (Lipinski definition) is 2. The van der Waals surface area contributed by atoms with E-state index >= 15 is 0 Å². The number of likely N-dealkylation sites (tertiary alicyclic amines) is 1. The maximum atomic E-state index is 13.8. The van der Waals surface area contributed by atoms with Crippen LogP contribution in [0.5, 0.6) is 0 Å². The van der Waals surface area contributed by atoms with Crippen molar-refractivity contribution in [3.05, 3.63) is 29.5 Å². The summed E-state index contributed by atoms with van der Waals surface area (Å²) in [5, 5.41) is 6.84. The number of aromatic nitrogens is 2. The third-order valence-corrected chi connectivity index (χ3v) is 7.41. The number of nitrogens with zero attached hydrogens (tertiary/aromatic N) is 3. The Labute approximate surface area is 191 Å². The number of primary amides is 1. The van der Waals surface area contributed by atoms with E-state index in [2.05, 4.69) is 10.4 Å². The number of carbonyl (C=O) groups is 3. The zero-order valence-electron chi connectivity index (χ0n) is 16.7. The fraction of sp³-hybridized carbons (Fsp3) is 0.500. The maximum Gasteiger partial charge on any atom is 0.269 e. The van der Waals surface area contributed by atoms with Crippen LogP contribution in [0, 0.1) is 23.5 Å². The number of amides is 3. The topological polar surface area (TPSA) is 110 Å². The van der Waals surface area contributed by atoms with Crippen molar-refractivity contribution in [1.82, 2.24) is 20.0 Å². The number of carbonyl (C=O) groups excluding carboxylic acids is 3. The van der Waals surface area contributed by atoms with Gasteiger partial charge in [0.2, 0.25) is 11.8 Å². The Hall–Kier alpha value is -2.46. The smallest absolute Gasteiger partial charge is 0.269 e. The summed E-state index contributed by atoms with van der Waals surface area (Å²) in [4.78, 5) is 39.1. The number of piperidine rings is 1. The van der Waals surface area contributed by atoms with E-state index in [0.717, 1.165) is 23.2 Å². The lowest BCUT2D eigenvalue weighted by Gasteiger charge is -2.27. The Morgan fingerprint density at radius 1 is 1.22 bits per heavy atom. The largest absolute Gasteiger partial charge is 0.364 e. The van der Waals surface area contributed by atoms with Crippen molar-refractivity contribution in [1.29, 1.82) is 0 Å². The predicted octanol–water partition coefficient (Wildman–Crippen LogP) is 1.71. The number of nitrogens with two attached hydrogens (primary N) is 1. The van der Waals surface area contributed by atoms with Gasteiger partial charge in [0.1, 0.15) is 16.9 Å². The minimum Gasteiger partial charge on any atom is -0.364 e. The highest BCUT2D eigenvalue weighted by Crippen LogP contribution is 2.53. The first kappa shape index (κ1) is 21.4. The molecule has 3 N–H and O–H groups in total. The highest BCUT2D eigenvalue weighted by atomic mass is 35.5. The van der Waals surface area contributed by atoms with Crippen LogP contribution in [0.4, 0.5) is 8.78 Å². The molecule has 1 aliphatic heterocycles. The summed E-state index contributed by atoms with van der Waals surface area (Å²) in [5.74, 6) is -3.68. The normalized spacial score (nSPS) is 27.3. The van der Waals surface area contributed by atoms with Crippen molar-refractivity contribution >= 4 is 51.8 Å². The number of fused-ring (bicyclic) bond motifs is 2. The Bertz CT molecular complexity index is 1170. The molecule has 12 heteroatoms. The number of halogens is 4. The molecule has 32 heavy (non-hydrogen) atoms. The van der Waals surface area contributed by atoms with Crippen LogP contribution in [-0.2, 0) is 16.1 Å². The summed E-state index contributed by atoms with van der Waals surface area (Å²) in [6.45, 7) is -0.0206. The molecule has 3 fully saturated rings. The first-order valence-electron chi connectivity index (χ1n) is 10.2. The van der Waals surface area contributed by atoms with Crippen LogP contribution < -0.4 is 11.1 Å². The van der Waals surface area contributed by atoms with Gasteiger partial charge in [0.15, 0.2) is 17.3 Å². The molecule has 1 aromatic carbocycles. The molecule has 0 bridgehead atoms.